The first kappa shape index (κ1) is 13.3. The summed E-state index contributed by atoms with van der Waals surface area (Å²) in [5.74, 6) is -1.45. The van der Waals surface area contributed by atoms with Crippen molar-refractivity contribution in [1.82, 2.24) is 0 Å². The molecule has 1 heterocycles. The monoisotopic (exact) mass is 223 g/mol. The van der Waals surface area contributed by atoms with E-state index < -0.39 is 5.97 Å². The summed E-state index contributed by atoms with van der Waals surface area (Å²) in [6.45, 7) is 1.36. The standard InChI is InChI=1S/C7H7NO3S.K/c1-4(9)8-6-2-5(3-12-6)7(10)11;/h2-3H,1H3,(H,8,9)(H,10,11);/q;+1/p-1. The number of hydrogen-bond acceptors (Lipinski definition) is 4. The molecule has 0 bridgehead atoms. The molecule has 1 rings (SSSR count). The van der Waals surface area contributed by atoms with E-state index in [9.17, 15) is 14.7 Å². The first-order valence-corrected chi connectivity index (χ1v) is 4.05. The van der Waals surface area contributed by atoms with Crippen LogP contribution < -0.4 is 61.8 Å². The molecule has 0 saturated carbocycles. The molecule has 0 fully saturated rings. The Morgan fingerprint density at radius 1 is 1.54 bits per heavy atom. The van der Waals surface area contributed by atoms with Crippen LogP contribution in [0.2, 0.25) is 0 Å². The van der Waals surface area contributed by atoms with E-state index in [1.807, 2.05) is 0 Å². The summed E-state index contributed by atoms with van der Waals surface area (Å²) >= 11 is 1.15. The van der Waals surface area contributed by atoms with Crippen LogP contribution in [0.5, 0.6) is 0 Å². The molecule has 0 saturated heterocycles. The molecule has 1 aromatic heterocycles. The molecule has 0 spiro atoms. The van der Waals surface area contributed by atoms with Crippen molar-refractivity contribution in [2.45, 2.75) is 6.92 Å². The fourth-order valence-corrected chi connectivity index (χ4v) is 1.50. The molecular formula is C7H6KNO3S. The number of anilines is 1. The quantitative estimate of drug-likeness (QED) is 0.546. The van der Waals surface area contributed by atoms with E-state index in [4.69, 9.17) is 0 Å². The molecule has 1 N–H and O–H groups in total. The minimum Gasteiger partial charge on any atom is -0.545 e. The van der Waals surface area contributed by atoms with Gasteiger partial charge in [-0.2, -0.15) is 0 Å². The Hall–Kier alpha value is 0.276. The summed E-state index contributed by atoms with van der Waals surface area (Å²) < 4.78 is 0. The maximum absolute atomic E-state index is 10.5. The summed E-state index contributed by atoms with van der Waals surface area (Å²) in [5.41, 5.74) is 0.0868. The zero-order valence-electron chi connectivity index (χ0n) is 7.29. The van der Waals surface area contributed by atoms with E-state index in [1.165, 1.54) is 18.4 Å². The molecule has 1 aromatic rings. The summed E-state index contributed by atoms with van der Waals surface area (Å²) in [6, 6.07) is 1.36. The number of hydrogen-bond donors (Lipinski definition) is 1. The van der Waals surface area contributed by atoms with E-state index >= 15 is 0 Å². The molecule has 0 unspecified atom stereocenters. The van der Waals surface area contributed by atoms with Gasteiger partial charge in [0, 0.05) is 17.9 Å². The van der Waals surface area contributed by atoms with Crippen molar-refractivity contribution < 1.29 is 66.1 Å². The van der Waals surface area contributed by atoms with Crippen LogP contribution in [-0.4, -0.2) is 11.9 Å². The minimum atomic E-state index is -1.23. The molecule has 6 heteroatoms. The van der Waals surface area contributed by atoms with Crippen molar-refractivity contribution in [3.63, 3.8) is 0 Å². The van der Waals surface area contributed by atoms with Gasteiger partial charge in [0.05, 0.1) is 11.0 Å². The largest absolute Gasteiger partial charge is 1.00 e. The van der Waals surface area contributed by atoms with Crippen molar-refractivity contribution in [1.29, 1.82) is 0 Å². The molecule has 0 aromatic carbocycles. The van der Waals surface area contributed by atoms with Gasteiger partial charge in [-0.1, -0.05) is 0 Å². The number of amides is 1. The van der Waals surface area contributed by atoms with Crippen LogP contribution >= 0.6 is 11.3 Å². The number of aromatic carboxylic acids is 1. The Kier molecular flexibility index (Phi) is 6.02. The Bertz CT molecular complexity index is 323. The summed E-state index contributed by atoms with van der Waals surface area (Å²) in [4.78, 5) is 20.8. The van der Waals surface area contributed by atoms with Crippen LogP contribution in [0, 0.1) is 0 Å². The average Bonchev–Trinajstić information content (AvgIpc) is 2.34. The number of thiophene rings is 1. The molecule has 0 aliphatic carbocycles. The van der Waals surface area contributed by atoms with E-state index in [0.717, 1.165) is 11.3 Å². The maximum atomic E-state index is 10.5. The van der Waals surface area contributed by atoms with Crippen LogP contribution in [0.4, 0.5) is 5.00 Å². The van der Waals surface area contributed by atoms with Gasteiger partial charge in [-0.05, 0) is 6.07 Å². The molecule has 0 aliphatic heterocycles. The first-order chi connectivity index (χ1) is 5.59. The van der Waals surface area contributed by atoms with Gasteiger partial charge in [-0.15, -0.1) is 11.3 Å². The number of carbonyl (C=O) groups excluding carboxylic acids is 2. The van der Waals surface area contributed by atoms with Crippen LogP contribution in [-0.2, 0) is 4.79 Å². The Morgan fingerprint density at radius 2 is 2.15 bits per heavy atom. The van der Waals surface area contributed by atoms with E-state index in [-0.39, 0.29) is 62.9 Å². The van der Waals surface area contributed by atoms with Gasteiger partial charge in [0.25, 0.3) is 0 Å². The number of carboxylic acid groups (broad SMARTS) is 1. The number of rotatable bonds is 2. The van der Waals surface area contributed by atoms with Crippen LogP contribution in [0.25, 0.3) is 0 Å². The van der Waals surface area contributed by atoms with Gasteiger partial charge in [-0.25, -0.2) is 0 Å². The molecule has 4 nitrogen and oxygen atoms in total. The number of carbonyl (C=O) groups is 2. The number of nitrogens with one attached hydrogen (secondary N) is 1. The van der Waals surface area contributed by atoms with Gasteiger partial charge in [0.1, 0.15) is 0 Å². The Balaban J connectivity index is 0.00000144. The molecular weight excluding hydrogens is 217 g/mol. The molecule has 0 atom stereocenters. The van der Waals surface area contributed by atoms with E-state index in [0.29, 0.717) is 5.00 Å². The average molecular weight is 223 g/mol. The SMILES string of the molecule is CC(=O)Nc1cc(C(=O)[O-])cs1.[K+]. The van der Waals surface area contributed by atoms with Crippen molar-refractivity contribution in [2.24, 2.45) is 0 Å². The van der Waals surface area contributed by atoms with Crippen LogP contribution in [0.1, 0.15) is 17.3 Å². The number of carboxylic acids is 1. The molecule has 64 valence electrons. The van der Waals surface area contributed by atoms with Gasteiger partial charge in [0.2, 0.25) is 5.91 Å². The molecule has 0 radical (unpaired) electrons. The predicted octanol–water partition coefficient (Wildman–Crippen LogP) is -2.93. The van der Waals surface area contributed by atoms with Crippen molar-refractivity contribution in [3.8, 4) is 0 Å². The third-order valence-electron chi connectivity index (χ3n) is 1.13. The Labute approximate surface area is 122 Å². The summed E-state index contributed by atoms with van der Waals surface area (Å²) in [7, 11) is 0. The fourth-order valence-electron chi connectivity index (χ4n) is 0.682. The predicted molar refractivity (Wildman–Crippen MR) is 43.0 cm³/mol. The normalized spacial score (nSPS) is 8.69. The first-order valence-electron chi connectivity index (χ1n) is 3.17. The van der Waals surface area contributed by atoms with Gasteiger partial charge in [0.15, 0.2) is 0 Å². The second-order valence-electron chi connectivity index (χ2n) is 2.17. The van der Waals surface area contributed by atoms with Crippen LogP contribution in [0.3, 0.4) is 0 Å². The van der Waals surface area contributed by atoms with Crippen molar-refractivity contribution in [3.05, 3.63) is 17.0 Å². The van der Waals surface area contributed by atoms with E-state index in [2.05, 4.69) is 5.32 Å². The maximum Gasteiger partial charge on any atom is 1.00 e. The van der Waals surface area contributed by atoms with Crippen LogP contribution in [0.15, 0.2) is 11.4 Å². The minimum absolute atomic E-state index is 0. The van der Waals surface area contributed by atoms with E-state index in [1.54, 1.807) is 0 Å². The van der Waals surface area contributed by atoms with Gasteiger partial charge in [-0.3, -0.25) is 4.79 Å². The molecule has 0 aliphatic rings. The zero-order valence-corrected chi connectivity index (χ0v) is 11.2. The zero-order chi connectivity index (χ0) is 9.14. The Morgan fingerprint density at radius 3 is 2.54 bits per heavy atom. The summed E-state index contributed by atoms with van der Waals surface area (Å²) in [6.07, 6.45) is 0. The second kappa shape index (κ2) is 5.89. The third kappa shape index (κ3) is 4.34. The van der Waals surface area contributed by atoms with Gasteiger partial charge >= 0.3 is 51.4 Å². The van der Waals surface area contributed by atoms with Crippen molar-refractivity contribution >= 4 is 28.2 Å². The smallest absolute Gasteiger partial charge is 0.545 e. The molecule has 13 heavy (non-hydrogen) atoms. The summed E-state index contributed by atoms with van der Waals surface area (Å²) in [5, 5.41) is 14.7. The topological polar surface area (TPSA) is 69.2 Å². The van der Waals surface area contributed by atoms with Gasteiger partial charge < -0.3 is 15.2 Å². The fraction of sp³-hybridized carbons (Fsp3) is 0.143. The second-order valence-corrected chi connectivity index (χ2v) is 3.08. The molecule has 1 amide bonds. The van der Waals surface area contributed by atoms with Crippen molar-refractivity contribution in [2.75, 3.05) is 5.32 Å². The third-order valence-corrected chi connectivity index (χ3v) is 1.98.